The molecular weight excluding hydrogens is 432 g/mol. The van der Waals surface area contributed by atoms with Gasteiger partial charge >= 0.3 is 0 Å². The van der Waals surface area contributed by atoms with Gasteiger partial charge < -0.3 is 25.6 Å². The van der Waals surface area contributed by atoms with E-state index in [2.05, 4.69) is 16.0 Å². The fourth-order valence-corrected chi connectivity index (χ4v) is 3.45. The van der Waals surface area contributed by atoms with E-state index in [1.165, 1.54) is 0 Å². The first-order chi connectivity index (χ1) is 16.5. The monoisotopic (exact) mass is 468 g/mol. The normalized spacial score (nSPS) is 10.4. The van der Waals surface area contributed by atoms with Crippen LogP contribution >= 0.6 is 0 Å². The molecule has 2 rings (SSSR count). The molecule has 0 unspecified atom stereocenters. The first-order valence-electron chi connectivity index (χ1n) is 11.8. The van der Waals surface area contributed by atoms with Crippen LogP contribution < -0.4 is 16.0 Å². The summed E-state index contributed by atoms with van der Waals surface area (Å²) in [5, 5.41) is 8.70. The van der Waals surface area contributed by atoms with Gasteiger partial charge in [0.15, 0.2) is 0 Å². The Morgan fingerprint density at radius 2 is 1.56 bits per heavy atom. The maximum absolute atomic E-state index is 12.8. The Hall–Kier alpha value is -3.39. The summed E-state index contributed by atoms with van der Waals surface area (Å²) in [6.07, 6.45) is 2.53. The average Bonchev–Trinajstić information content (AvgIpc) is 2.85. The minimum absolute atomic E-state index is 0.0227. The van der Waals surface area contributed by atoms with Gasteiger partial charge in [-0.05, 0) is 55.7 Å². The number of nitrogens with zero attached hydrogens (tertiary/aromatic N) is 1. The maximum atomic E-state index is 12.8. The summed E-state index contributed by atoms with van der Waals surface area (Å²) in [7, 11) is 1.62. The van der Waals surface area contributed by atoms with E-state index >= 15 is 0 Å². The lowest BCUT2D eigenvalue weighted by Crippen LogP contribution is -2.32. The Morgan fingerprint density at radius 3 is 2.24 bits per heavy atom. The van der Waals surface area contributed by atoms with Gasteiger partial charge in [0.2, 0.25) is 5.91 Å². The number of anilines is 2. The fourth-order valence-electron chi connectivity index (χ4n) is 3.45. The van der Waals surface area contributed by atoms with Crippen molar-refractivity contribution in [2.24, 2.45) is 0 Å². The third kappa shape index (κ3) is 8.86. The molecule has 0 atom stereocenters. The summed E-state index contributed by atoms with van der Waals surface area (Å²) >= 11 is 0. The van der Waals surface area contributed by atoms with Gasteiger partial charge in [0.05, 0.1) is 6.54 Å². The van der Waals surface area contributed by atoms with Crippen LogP contribution in [-0.2, 0) is 9.53 Å². The van der Waals surface area contributed by atoms with Crippen LogP contribution in [0.5, 0.6) is 0 Å². The lowest BCUT2D eigenvalue weighted by Gasteiger charge is -2.21. The van der Waals surface area contributed by atoms with Gasteiger partial charge in [0.25, 0.3) is 11.8 Å². The summed E-state index contributed by atoms with van der Waals surface area (Å²) in [6.45, 7) is 6.64. The minimum Gasteiger partial charge on any atom is -0.385 e. The molecule has 0 bridgehead atoms. The molecule has 0 aromatic heterocycles. The van der Waals surface area contributed by atoms with Crippen molar-refractivity contribution in [3.63, 3.8) is 0 Å². The van der Waals surface area contributed by atoms with Crippen LogP contribution in [0.1, 0.15) is 53.8 Å². The van der Waals surface area contributed by atoms with Gasteiger partial charge in [-0.15, -0.1) is 0 Å². The van der Waals surface area contributed by atoms with Gasteiger partial charge in [-0.25, -0.2) is 0 Å². The van der Waals surface area contributed by atoms with E-state index in [0.29, 0.717) is 48.7 Å². The van der Waals surface area contributed by atoms with Crippen LogP contribution in [0.2, 0.25) is 0 Å². The first kappa shape index (κ1) is 26.9. The minimum atomic E-state index is -0.252. The molecular formula is C26H36N4O4. The zero-order valence-corrected chi connectivity index (χ0v) is 20.4. The van der Waals surface area contributed by atoms with E-state index in [-0.39, 0.29) is 24.3 Å². The van der Waals surface area contributed by atoms with Crippen molar-refractivity contribution in [1.29, 1.82) is 0 Å². The summed E-state index contributed by atoms with van der Waals surface area (Å²) in [5.41, 5.74) is 2.29. The highest BCUT2D eigenvalue weighted by molar-refractivity contribution is 5.98. The second-order valence-electron chi connectivity index (χ2n) is 7.96. The number of carbonyl (C=O) groups excluding carboxylic acids is 3. The second kappa shape index (κ2) is 14.7. The molecule has 0 fully saturated rings. The Kier molecular flexibility index (Phi) is 11.6. The SMILES string of the molecule is CCCN(CCC)C(=O)c1cccc(NC(=O)CNc2cccc(C(=O)NCCCOC)c2)c1. The Labute approximate surface area is 202 Å². The molecule has 0 saturated heterocycles. The molecule has 184 valence electrons. The van der Waals surface area contributed by atoms with E-state index in [1.54, 1.807) is 55.6 Å². The van der Waals surface area contributed by atoms with Gasteiger partial charge in [-0.3, -0.25) is 14.4 Å². The molecule has 0 heterocycles. The molecule has 34 heavy (non-hydrogen) atoms. The van der Waals surface area contributed by atoms with Gasteiger partial charge in [-0.2, -0.15) is 0 Å². The van der Waals surface area contributed by atoms with Crippen molar-refractivity contribution in [3.05, 3.63) is 59.7 Å². The molecule has 2 aromatic rings. The van der Waals surface area contributed by atoms with Gasteiger partial charge in [0.1, 0.15) is 0 Å². The zero-order valence-electron chi connectivity index (χ0n) is 20.4. The van der Waals surface area contributed by atoms with Crippen molar-refractivity contribution in [2.75, 3.05) is 50.5 Å². The van der Waals surface area contributed by atoms with Crippen molar-refractivity contribution in [1.82, 2.24) is 10.2 Å². The van der Waals surface area contributed by atoms with Crippen LogP contribution in [0.4, 0.5) is 11.4 Å². The smallest absolute Gasteiger partial charge is 0.253 e. The van der Waals surface area contributed by atoms with Crippen molar-refractivity contribution in [3.8, 4) is 0 Å². The highest BCUT2D eigenvalue weighted by Crippen LogP contribution is 2.14. The van der Waals surface area contributed by atoms with Crippen molar-refractivity contribution >= 4 is 29.1 Å². The molecule has 0 saturated carbocycles. The summed E-state index contributed by atoms with van der Waals surface area (Å²) < 4.78 is 4.98. The predicted molar refractivity (Wildman–Crippen MR) is 135 cm³/mol. The molecule has 0 aliphatic heterocycles. The molecule has 3 N–H and O–H groups in total. The number of hydrogen-bond donors (Lipinski definition) is 3. The molecule has 2 aromatic carbocycles. The van der Waals surface area contributed by atoms with E-state index in [9.17, 15) is 14.4 Å². The summed E-state index contributed by atoms with van der Waals surface area (Å²) in [5.74, 6) is -0.459. The average molecular weight is 469 g/mol. The molecule has 0 radical (unpaired) electrons. The molecule has 0 aliphatic rings. The third-order valence-corrected chi connectivity index (χ3v) is 5.06. The Morgan fingerprint density at radius 1 is 0.912 bits per heavy atom. The highest BCUT2D eigenvalue weighted by Gasteiger charge is 2.15. The fraction of sp³-hybridized carbons (Fsp3) is 0.423. The van der Waals surface area contributed by atoms with Crippen molar-refractivity contribution < 1.29 is 19.1 Å². The number of hydrogen-bond acceptors (Lipinski definition) is 5. The lowest BCUT2D eigenvalue weighted by molar-refractivity contribution is -0.114. The van der Waals surface area contributed by atoms with E-state index < -0.39 is 0 Å². The van der Waals surface area contributed by atoms with Crippen LogP contribution in [0.3, 0.4) is 0 Å². The molecule has 8 nitrogen and oxygen atoms in total. The summed E-state index contributed by atoms with van der Waals surface area (Å²) in [4.78, 5) is 39.4. The van der Waals surface area contributed by atoms with Crippen LogP contribution in [0.15, 0.2) is 48.5 Å². The first-order valence-corrected chi connectivity index (χ1v) is 11.8. The molecule has 0 spiro atoms. The number of benzene rings is 2. The molecule has 8 heteroatoms. The maximum Gasteiger partial charge on any atom is 0.253 e. The zero-order chi connectivity index (χ0) is 24.8. The van der Waals surface area contributed by atoms with E-state index in [1.807, 2.05) is 18.7 Å². The number of ether oxygens (including phenoxy) is 1. The highest BCUT2D eigenvalue weighted by atomic mass is 16.5. The van der Waals surface area contributed by atoms with E-state index in [0.717, 1.165) is 19.3 Å². The number of rotatable bonds is 14. The van der Waals surface area contributed by atoms with Crippen LogP contribution in [-0.4, -0.2) is 62.5 Å². The van der Waals surface area contributed by atoms with Gasteiger partial charge in [0, 0.05) is 55.9 Å². The lowest BCUT2D eigenvalue weighted by atomic mass is 10.1. The third-order valence-electron chi connectivity index (χ3n) is 5.06. The number of methoxy groups -OCH3 is 1. The summed E-state index contributed by atoms with van der Waals surface area (Å²) in [6, 6.07) is 14.0. The van der Waals surface area contributed by atoms with Crippen molar-refractivity contribution in [2.45, 2.75) is 33.1 Å². The molecule has 3 amide bonds. The standard InChI is InChI=1S/C26H36N4O4/c1-4-14-30(15-5-2)26(33)21-10-7-12-23(18-21)29-24(31)19-28-22-11-6-9-20(17-22)25(32)27-13-8-16-34-3/h6-7,9-12,17-18,28H,4-5,8,13-16,19H2,1-3H3,(H,27,32)(H,29,31). The van der Waals surface area contributed by atoms with Gasteiger partial charge in [-0.1, -0.05) is 26.0 Å². The number of carbonyl (C=O) groups is 3. The van der Waals surface area contributed by atoms with E-state index in [4.69, 9.17) is 4.74 Å². The number of nitrogens with one attached hydrogen (secondary N) is 3. The second-order valence-corrected chi connectivity index (χ2v) is 7.96. The number of amides is 3. The Bertz CT molecular complexity index is 942. The van der Waals surface area contributed by atoms with Crippen LogP contribution in [0.25, 0.3) is 0 Å². The largest absolute Gasteiger partial charge is 0.385 e. The topological polar surface area (TPSA) is 99.8 Å². The quantitative estimate of drug-likeness (QED) is 0.367. The van der Waals surface area contributed by atoms with Crippen LogP contribution in [0, 0.1) is 0 Å². The molecule has 0 aliphatic carbocycles. The predicted octanol–water partition coefficient (Wildman–Crippen LogP) is 3.77. The Balaban J connectivity index is 1.91.